The summed E-state index contributed by atoms with van der Waals surface area (Å²) in [7, 11) is 2.09. The minimum absolute atomic E-state index is 0.128. The molecule has 0 aromatic rings. The molecular weight excluding hydrogens is 589 g/mol. The Morgan fingerprint density at radius 1 is 1.17 bits per heavy atom. The molecule has 232 valence electrons. The summed E-state index contributed by atoms with van der Waals surface area (Å²) in [5, 5.41) is 20.2. The van der Waals surface area contributed by atoms with Gasteiger partial charge in [-0.2, -0.15) is 0 Å². The number of nitrogens with zero attached hydrogens (tertiary/aromatic N) is 2. The molecule has 10 nitrogen and oxygen atoms in total. The van der Waals surface area contributed by atoms with Crippen LogP contribution in [0, 0.1) is 5.92 Å². The van der Waals surface area contributed by atoms with E-state index < -0.39 is 0 Å². The van der Waals surface area contributed by atoms with Crippen LogP contribution in [0.4, 0.5) is 0 Å². The Balaban J connectivity index is 2.23. The average molecular weight is 635 g/mol. The SMILES string of the molecule is C=C/C=C(\C=C\C1CN(C)CC=C1/C=C(Cl)\C=C\Cl)SNCCOCCOCCOCCN(N)/C(CO)=C(\N)CO. The molecule has 1 rings (SSSR count). The number of likely N-dealkylation sites (N-methyl/N-ethyl adjacent to an activating group) is 1. The number of hydrogen-bond donors (Lipinski definition) is 5. The lowest BCUT2D eigenvalue weighted by atomic mass is 9.94. The summed E-state index contributed by atoms with van der Waals surface area (Å²) in [6, 6.07) is 0. The minimum Gasteiger partial charge on any atom is -0.399 e. The Morgan fingerprint density at radius 3 is 2.49 bits per heavy atom. The second-order valence-electron chi connectivity index (χ2n) is 8.83. The molecular formula is C28H45Cl2N5O5S. The number of nitrogens with one attached hydrogen (secondary N) is 1. The Labute approximate surface area is 258 Å². The van der Waals surface area contributed by atoms with Gasteiger partial charge in [0.05, 0.1) is 70.8 Å². The largest absolute Gasteiger partial charge is 0.399 e. The lowest BCUT2D eigenvalue weighted by Gasteiger charge is -2.27. The van der Waals surface area contributed by atoms with E-state index in [1.54, 1.807) is 12.2 Å². The van der Waals surface area contributed by atoms with Crippen LogP contribution >= 0.6 is 35.1 Å². The standard InChI is InChI=1S/C28H45Cl2N5O5S/c1-3-4-26(6-5-24-20-34(2)11-8-23(24)19-25(30)7-9-29)41-33-10-13-38-15-17-40-18-16-39-14-12-35(32)28(22-37)27(31)21-36/h3-9,19,24,33,36-37H,1,10-18,20-22,31-32H2,2H3/b6-5+,9-7+,25-19+,26-4+,28-27-. The van der Waals surface area contributed by atoms with Crippen molar-refractivity contribution in [2.24, 2.45) is 17.5 Å². The third-order valence-corrected chi connectivity index (χ3v) is 6.89. The summed E-state index contributed by atoms with van der Waals surface area (Å²) in [5.41, 5.74) is 8.58. The molecule has 7 N–H and O–H groups in total. The minimum atomic E-state index is -0.374. The predicted octanol–water partition coefficient (Wildman–Crippen LogP) is 2.59. The summed E-state index contributed by atoms with van der Waals surface area (Å²) in [5.74, 6) is 6.01. The topological polar surface area (TPSA) is 139 Å². The molecule has 0 spiro atoms. The highest BCUT2D eigenvalue weighted by Gasteiger charge is 2.17. The third-order valence-electron chi connectivity index (χ3n) is 5.67. The maximum Gasteiger partial charge on any atom is 0.0862 e. The van der Waals surface area contributed by atoms with Crippen LogP contribution in [0.1, 0.15) is 0 Å². The Hall–Kier alpha value is -1.61. The van der Waals surface area contributed by atoms with Crippen LogP contribution in [-0.4, -0.2) is 106 Å². The van der Waals surface area contributed by atoms with Gasteiger partial charge in [-0.3, -0.25) is 4.72 Å². The highest BCUT2D eigenvalue weighted by atomic mass is 35.5. The number of rotatable bonds is 22. The van der Waals surface area contributed by atoms with E-state index >= 15 is 0 Å². The molecule has 0 aromatic carbocycles. The van der Waals surface area contributed by atoms with Crippen LogP contribution < -0.4 is 16.3 Å². The van der Waals surface area contributed by atoms with E-state index in [-0.39, 0.29) is 30.5 Å². The number of aliphatic hydroxyl groups excluding tert-OH is 2. The van der Waals surface area contributed by atoms with E-state index in [1.165, 1.54) is 22.5 Å². The van der Waals surface area contributed by atoms with Crippen LogP contribution in [0.25, 0.3) is 0 Å². The molecule has 0 aliphatic carbocycles. The van der Waals surface area contributed by atoms with Crippen molar-refractivity contribution in [3.8, 4) is 0 Å². The maximum absolute atomic E-state index is 9.28. The van der Waals surface area contributed by atoms with Gasteiger partial charge in [0.25, 0.3) is 0 Å². The molecule has 1 atom stereocenters. The summed E-state index contributed by atoms with van der Waals surface area (Å²) >= 11 is 13.4. The highest BCUT2D eigenvalue weighted by Crippen LogP contribution is 2.25. The van der Waals surface area contributed by atoms with Crippen LogP contribution in [0.3, 0.4) is 0 Å². The van der Waals surface area contributed by atoms with Gasteiger partial charge >= 0.3 is 0 Å². The zero-order valence-corrected chi connectivity index (χ0v) is 26.0. The summed E-state index contributed by atoms with van der Waals surface area (Å²) in [6.45, 7) is 8.46. The maximum atomic E-state index is 9.28. The molecule has 0 radical (unpaired) electrons. The highest BCUT2D eigenvalue weighted by molar-refractivity contribution is 8.01. The first-order valence-electron chi connectivity index (χ1n) is 13.2. The van der Waals surface area contributed by atoms with E-state index in [9.17, 15) is 5.11 Å². The van der Waals surface area contributed by atoms with Crippen LogP contribution in [0.2, 0.25) is 0 Å². The van der Waals surface area contributed by atoms with Crippen molar-refractivity contribution in [3.05, 3.63) is 81.6 Å². The Kier molecular flexibility index (Phi) is 21.8. The molecule has 0 bridgehead atoms. The zero-order valence-electron chi connectivity index (χ0n) is 23.7. The van der Waals surface area contributed by atoms with Gasteiger partial charge in [-0.1, -0.05) is 54.1 Å². The molecule has 1 unspecified atom stereocenters. The van der Waals surface area contributed by atoms with Crippen LogP contribution in [-0.2, 0) is 14.2 Å². The number of allylic oxidation sites excluding steroid dienone is 6. The number of hydrazine groups is 1. The van der Waals surface area contributed by atoms with Crippen molar-refractivity contribution < 1.29 is 24.4 Å². The number of ether oxygens (including phenoxy) is 3. The van der Waals surface area contributed by atoms with Crippen molar-refractivity contribution in [1.29, 1.82) is 0 Å². The van der Waals surface area contributed by atoms with Gasteiger partial charge in [-0.05, 0) is 42.8 Å². The van der Waals surface area contributed by atoms with Gasteiger partial charge in [0.15, 0.2) is 0 Å². The van der Waals surface area contributed by atoms with Gasteiger partial charge < -0.3 is 40.1 Å². The third kappa shape index (κ3) is 17.2. The lowest BCUT2D eigenvalue weighted by molar-refractivity contribution is 0.0124. The van der Waals surface area contributed by atoms with E-state index in [0.29, 0.717) is 57.8 Å². The van der Waals surface area contributed by atoms with Crippen LogP contribution in [0.15, 0.2) is 81.6 Å². The molecule has 0 saturated carbocycles. The van der Waals surface area contributed by atoms with E-state index in [2.05, 4.69) is 41.5 Å². The monoisotopic (exact) mass is 633 g/mol. The molecule has 0 aromatic heterocycles. The zero-order chi connectivity index (χ0) is 30.3. The number of aliphatic hydroxyl groups is 2. The first-order chi connectivity index (χ1) is 19.9. The van der Waals surface area contributed by atoms with Crippen molar-refractivity contribution in [1.82, 2.24) is 14.6 Å². The molecule has 13 heteroatoms. The van der Waals surface area contributed by atoms with Gasteiger partial charge in [0.2, 0.25) is 0 Å². The van der Waals surface area contributed by atoms with Gasteiger partial charge in [-0.15, -0.1) is 0 Å². The molecule has 1 heterocycles. The summed E-state index contributed by atoms with van der Waals surface area (Å²) in [6.07, 6.45) is 13.8. The Morgan fingerprint density at radius 2 is 1.85 bits per heavy atom. The van der Waals surface area contributed by atoms with E-state index in [1.807, 2.05) is 12.2 Å². The van der Waals surface area contributed by atoms with Gasteiger partial charge in [0.1, 0.15) is 0 Å². The normalized spacial score (nSPS) is 17.8. The van der Waals surface area contributed by atoms with E-state index in [4.69, 9.17) is 54.1 Å². The Bertz CT molecular complexity index is 943. The molecule has 41 heavy (non-hydrogen) atoms. The van der Waals surface area contributed by atoms with Crippen molar-refractivity contribution in [2.45, 2.75) is 0 Å². The number of halogens is 2. The fourth-order valence-corrected chi connectivity index (χ4v) is 4.59. The fourth-order valence-electron chi connectivity index (χ4n) is 3.54. The van der Waals surface area contributed by atoms with Crippen molar-refractivity contribution >= 4 is 35.1 Å². The van der Waals surface area contributed by atoms with Crippen molar-refractivity contribution in [3.63, 3.8) is 0 Å². The molecule has 1 aliphatic rings. The average Bonchev–Trinajstić information content (AvgIpc) is 2.95. The summed E-state index contributed by atoms with van der Waals surface area (Å²) in [4.78, 5) is 3.29. The number of nitrogens with two attached hydrogens (primary N) is 2. The van der Waals surface area contributed by atoms with Crippen LogP contribution in [0.5, 0.6) is 0 Å². The predicted molar refractivity (Wildman–Crippen MR) is 170 cm³/mol. The summed E-state index contributed by atoms with van der Waals surface area (Å²) < 4.78 is 19.9. The number of hydrogen-bond acceptors (Lipinski definition) is 11. The second-order valence-corrected chi connectivity index (χ2v) is 10.5. The second kappa shape index (κ2) is 23.9. The molecule has 0 saturated heterocycles. The van der Waals surface area contributed by atoms with E-state index in [0.717, 1.165) is 23.6 Å². The first-order valence-corrected chi connectivity index (χ1v) is 14.9. The van der Waals surface area contributed by atoms with Gasteiger partial charge in [-0.25, -0.2) is 5.84 Å². The molecule has 1 aliphatic heterocycles. The quantitative estimate of drug-likeness (QED) is 0.0395. The lowest BCUT2D eigenvalue weighted by Crippen LogP contribution is -2.37. The molecule has 0 amide bonds. The molecule has 0 fully saturated rings. The first kappa shape index (κ1) is 37.4. The fraction of sp³-hybridized carbons (Fsp3) is 0.500. The smallest absolute Gasteiger partial charge is 0.0862 e. The van der Waals surface area contributed by atoms with Crippen molar-refractivity contribution in [2.75, 3.05) is 86.1 Å². The van der Waals surface area contributed by atoms with Gasteiger partial charge in [0, 0.05) is 41.0 Å².